The van der Waals surface area contributed by atoms with E-state index in [4.69, 9.17) is 0 Å². The molecule has 2 unspecified atom stereocenters. The highest BCUT2D eigenvalue weighted by Crippen LogP contribution is 2.19. The van der Waals surface area contributed by atoms with Crippen molar-refractivity contribution in [3.8, 4) is 0 Å². The molecule has 2 atom stereocenters. The molecule has 0 saturated carbocycles. The molecule has 1 N–H and O–H groups in total. The van der Waals surface area contributed by atoms with E-state index >= 15 is 0 Å². The van der Waals surface area contributed by atoms with Crippen LogP contribution in [0.3, 0.4) is 0 Å². The Morgan fingerprint density at radius 2 is 2.00 bits per heavy atom. The first-order valence-corrected chi connectivity index (χ1v) is 7.67. The van der Waals surface area contributed by atoms with E-state index < -0.39 is 0 Å². The number of nitrogens with zero attached hydrogens (tertiary/aromatic N) is 1. The van der Waals surface area contributed by atoms with Gasteiger partial charge in [0.15, 0.2) is 0 Å². The van der Waals surface area contributed by atoms with Crippen LogP contribution in [0.15, 0.2) is 18.2 Å². The van der Waals surface area contributed by atoms with Crippen molar-refractivity contribution in [3.05, 3.63) is 34.9 Å². The van der Waals surface area contributed by atoms with Gasteiger partial charge in [0.05, 0.1) is 0 Å². The van der Waals surface area contributed by atoms with Crippen molar-refractivity contribution in [2.45, 2.75) is 59.2 Å². The number of rotatable bonds is 4. The molecule has 2 nitrogen and oxygen atoms in total. The van der Waals surface area contributed by atoms with E-state index in [1.165, 1.54) is 36.1 Å². The molecule has 106 valence electrons. The topological polar surface area (TPSA) is 15.3 Å². The summed E-state index contributed by atoms with van der Waals surface area (Å²) in [6.45, 7) is 12.4. The molecule has 2 heteroatoms. The molecular formula is C17H28N2. The van der Waals surface area contributed by atoms with Crippen molar-refractivity contribution in [1.82, 2.24) is 10.2 Å². The van der Waals surface area contributed by atoms with Gasteiger partial charge in [-0.1, -0.05) is 37.6 Å². The Morgan fingerprint density at radius 3 is 2.68 bits per heavy atom. The molecule has 0 spiro atoms. The van der Waals surface area contributed by atoms with Gasteiger partial charge < -0.3 is 5.32 Å². The average Bonchev–Trinajstić information content (AvgIpc) is 2.42. The first kappa shape index (κ1) is 14.5. The minimum atomic E-state index is 0.660. The maximum atomic E-state index is 3.67. The largest absolute Gasteiger partial charge is 0.311 e. The van der Waals surface area contributed by atoms with Gasteiger partial charge in [0.2, 0.25) is 0 Å². The third-order valence-electron chi connectivity index (χ3n) is 4.46. The lowest BCUT2D eigenvalue weighted by atomic mass is 10.0. The smallest absolute Gasteiger partial charge is 0.0240 e. The van der Waals surface area contributed by atoms with Crippen LogP contribution in [0.2, 0.25) is 0 Å². The molecule has 2 rings (SSSR count). The summed E-state index contributed by atoms with van der Waals surface area (Å²) in [6.07, 6.45) is 2.45. The average molecular weight is 260 g/mol. The minimum Gasteiger partial charge on any atom is -0.311 e. The molecule has 0 amide bonds. The fourth-order valence-corrected chi connectivity index (χ4v) is 2.99. The first-order valence-electron chi connectivity index (χ1n) is 7.67. The van der Waals surface area contributed by atoms with Crippen molar-refractivity contribution >= 4 is 0 Å². The molecular weight excluding hydrogens is 232 g/mol. The second-order valence-corrected chi connectivity index (χ2v) is 5.93. The molecule has 0 radical (unpaired) electrons. The van der Waals surface area contributed by atoms with E-state index in [2.05, 4.69) is 56.1 Å². The Bertz CT molecular complexity index is 414. The number of aryl methyl sites for hydroxylation is 2. The van der Waals surface area contributed by atoms with Gasteiger partial charge in [-0.2, -0.15) is 0 Å². The summed E-state index contributed by atoms with van der Waals surface area (Å²) in [5.41, 5.74) is 4.29. The zero-order valence-electron chi connectivity index (χ0n) is 12.9. The van der Waals surface area contributed by atoms with E-state index in [0.717, 1.165) is 13.1 Å². The molecule has 1 aliphatic heterocycles. The fraction of sp³-hybridized carbons (Fsp3) is 0.647. The van der Waals surface area contributed by atoms with Crippen LogP contribution in [0, 0.1) is 13.8 Å². The van der Waals surface area contributed by atoms with Gasteiger partial charge in [-0.15, -0.1) is 0 Å². The molecule has 19 heavy (non-hydrogen) atoms. The summed E-state index contributed by atoms with van der Waals surface area (Å²) in [5, 5.41) is 3.67. The Morgan fingerprint density at radius 1 is 1.21 bits per heavy atom. The SMILES string of the molecule is CCC1CN(Cc2cc(C)ccc2C)C(CC)CN1. The number of piperazine rings is 1. The molecule has 1 aromatic rings. The van der Waals surface area contributed by atoms with Crippen LogP contribution >= 0.6 is 0 Å². The number of hydrogen-bond acceptors (Lipinski definition) is 2. The monoisotopic (exact) mass is 260 g/mol. The molecule has 0 aliphatic carbocycles. The minimum absolute atomic E-state index is 0.660. The van der Waals surface area contributed by atoms with Gasteiger partial charge >= 0.3 is 0 Å². The maximum absolute atomic E-state index is 3.67. The van der Waals surface area contributed by atoms with Crippen molar-refractivity contribution in [3.63, 3.8) is 0 Å². The molecule has 1 saturated heterocycles. The number of benzene rings is 1. The molecule has 1 heterocycles. The standard InChI is InChI=1S/C17H28N2/c1-5-16-12-19(17(6-2)10-18-16)11-15-9-13(3)7-8-14(15)4/h7-9,16-18H,5-6,10-12H2,1-4H3. The van der Waals surface area contributed by atoms with Gasteiger partial charge in [-0.3, -0.25) is 4.90 Å². The highest BCUT2D eigenvalue weighted by Gasteiger charge is 2.25. The van der Waals surface area contributed by atoms with E-state index in [9.17, 15) is 0 Å². The zero-order valence-corrected chi connectivity index (χ0v) is 12.9. The van der Waals surface area contributed by atoms with Gasteiger partial charge in [0.1, 0.15) is 0 Å². The van der Waals surface area contributed by atoms with Crippen LogP contribution in [-0.2, 0) is 6.54 Å². The Hall–Kier alpha value is -0.860. The normalized spacial score (nSPS) is 24.6. The van der Waals surface area contributed by atoms with E-state index in [1.54, 1.807) is 0 Å². The molecule has 0 aromatic heterocycles. The van der Waals surface area contributed by atoms with E-state index in [1.807, 2.05) is 0 Å². The quantitative estimate of drug-likeness (QED) is 0.894. The molecule has 1 fully saturated rings. The maximum Gasteiger partial charge on any atom is 0.0240 e. The predicted octanol–water partition coefficient (Wildman–Crippen LogP) is 3.27. The van der Waals surface area contributed by atoms with Crippen molar-refractivity contribution < 1.29 is 0 Å². The lowest BCUT2D eigenvalue weighted by Crippen LogP contribution is -2.55. The second kappa shape index (κ2) is 6.53. The van der Waals surface area contributed by atoms with Crippen LogP contribution in [0.4, 0.5) is 0 Å². The van der Waals surface area contributed by atoms with Gasteiger partial charge in [0, 0.05) is 31.7 Å². The molecule has 1 aliphatic rings. The lowest BCUT2D eigenvalue weighted by molar-refractivity contribution is 0.117. The van der Waals surface area contributed by atoms with Gasteiger partial charge in [0.25, 0.3) is 0 Å². The highest BCUT2D eigenvalue weighted by atomic mass is 15.2. The Labute approximate surface area is 118 Å². The summed E-state index contributed by atoms with van der Waals surface area (Å²) < 4.78 is 0. The Balaban J connectivity index is 2.11. The van der Waals surface area contributed by atoms with Crippen LogP contribution in [-0.4, -0.2) is 30.1 Å². The Kier molecular flexibility index (Phi) is 5.00. The van der Waals surface area contributed by atoms with Crippen molar-refractivity contribution in [2.24, 2.45) is 0 Å². The molecule has 0 bridgehead atoms. The summed E-state index contributed by atoms with van der Waals surface area (Å²) in [4.78, 5) is 2.67. The van der Waals surface area contributed by atoms with Crippen molar-refractivity contribution in [2.75, 3.05) is 13.1 Å². The number of nitrogens with one attached hydrogen (secondary N) is 1. The summed E-state index contributed by atoms with van der Waals surface area (Å²) in [6, 6.07) is 8.16. The zero-order chi connectivity index (χ0) is 13.8. The van der Waals surface area contributed by atoms with Crippen LogP contribution < -0.4 is 5.32 Å². The second-order valence-electron chi connectivity index (χ2n) is 5.93. The fourth-order valence-electron chi connectivity index (χ4n) is 2.99. The summed E-state index contributed by atoms with van der Waals surface area (Å²) in [7, 11) is 0. The van der Waals surface area contributed by atoms with Gasteiger partial charge in [-0.25, -0.2) is 0 Å². The van der Waals surface area contributed by atoms with Crippen LogP contribution in [0.5, 0.6) is 0 Å². The van der Waals surface area contributed by atoms with Crippen LogP contribution in [0.1, 0.15) is 43.4 Å². The lowest BCUT2D eigenvalue weighted by Gasteiger charge is -2.40. The van der Waals surface area contributed by atoms with E-state index in [0.29, 0.717) is 12.1 Å². The number of hydrogen-bond donors (Lipinski definition) is 1. The first-order chi connectivity index (χ1) is 9.13. The van der Waals surface area contributed by atoms with Gasteiger partial charge in [-0.05, 0) is 37.8 Å². The van der Waals surface area contributed by atoms with Crippen LogP contribution in [0.25, 0.3) is 0 Å². The van der Waals surface area contributed by atoms with Crippen molar-refractivity contribution in [1.29, 1.82) is 0 Å². The molecule has 1 aromatic carbocycles. The third kappa shape index (κ3) is 3.58. The summed E-state index contributed by atoms with van der Waals surface area (Å²) >= 11 is 0. The highest BCUT2D eigenvalue weighted by molar-refractivity contribution is 5.30. The summed E-state index contributed by atoms with van der Waals surface area (Å²) in [5.74, 6) is 0. The van der Waals surface area contributed by atoms with E-state index in [-0.39, 0.29) is 0 Å². The third-order valence-corrected chi connectivity index (χ3v) is 4.46. The predicted molar refractivity (Wildman–Crippen MR) is 82.5 cm³/mol.